The number of halogens is 1. The van der Waals surface area contributed by atoms with Crippen LogP contribution in [0.3, 0.4) is 0 Å². The summed E-state index contributed by atoms with van der Waals surface area (Å²) in [7, 11) is 0. The molecule has 0 aliphatic rings. The molecule has 4 N–H and O–H groups in total. The van der Waals surface area contributed by atoms with Crippen molar-refractivity contribution in [3.05, 3.63) is 54.2 Å². The number of benzene rings is 1. The summed E-state index contributed by atoms with van der Waals surface area (Å²) in [6.45, 7) is 0. The molecule has 0 atom stereocenters. The molecule has 25 heavy (non-hydrogen) atoms. The number of nitrogens with one attached hydrogen (secondary N) is 2. The predicted molar refractivity (Wildman–Crippen MR) is 92.8 cm³/mol. The van der Waals surface area contributed by atoms with E-state index in [-0.39, 0.29) is 12.3 Å². The highest BCUT2D eigenvalue weighted by Crippen LogP contribution is 2.21. The quantitative estimate of drug-likeness (QED) is 0.298. The van der Waals surface area contributed by atoms with Gasteiger partial charge in [0.1, 0.15) is 5.82 Å². The summed E-state index contributed by atoms with van der Waals surface area (Å²) in [6.07, 6.45) is 4.97. The Morgan fingerprint density at radius 3 is 3.00 bits per heavy atom. The van der Waals surface area contributed by atoms with E-state index in [1.54, 1.807) is 30.7 Å². The maximum Gasteiger partial charge on any atom is 0.304 e. The fourth-order valence-electron chi connectivity index (χ4n) is 2.51. The third-order valence-corrected chi connectivity index (χ3v) is 4.54. The number of H-pyrrole nitrogens is 1. The number of fused-ring (bicyclic) bond motifs is 1. The number of nitrogens with zero attached hydrogens (tertiary/aromatic N) is 4. The standard InChI is InChI=1S/C16H12FN7S/c17-11-8-12-9(2-1-3-20-12)6-10(11)7-13(18)24-16(19)25-15(23-24)14-21-4-5-22-14/h1-6,8,18-19H,7H2,(H,21,22,23)/p+1. The van der Waals surface area contributed by atoms with Crippen LogP contribution in [0.2, 0.25) is 0 Å². The van der Waals surface area contributed by atoms with Gasteiger partial charge in [-0.2, -0.15) is 5.41 Å². The van der Waals surface area contributed by atoms with Crippen molar-refractivity contribution in [1.29, 1.82) is 5.41 Å². The van der Waals surface area contributed by atoms with Crippen molar-refractivity contribution in [3.8, 4) is 10.8 Å². The molecule has 1 aromatic carbocycles. The van der Waals surface area contributed by atoms with E-state index in [9.17, 15) is 4.39 Å². The normalized spacial score (nSPS) is 11.1. The molecule has 0 bridgehead atoms. The number of hydrogen-bond acceptors (Lipinski definition) is 6. The Morgan fingerprint density at radius 1 is 1.32 bits per heavy atom. The number of nitrogen functional groups attached to an aromatic ring is 1. The Balaban J connectivity index is 1.65. The van der Waals surface area contributed by atoms with Crippen LogP contribution < -0.4 is 10.4 Å². The van der Waals surface area contributed by atoms with Crippen molar-refractivity contribution >= 4 is 33.2 Å². The lowest BCUT2D eigenvalue weighted by atomic mass is 10.1. The summed E-state index contributed by atoms with van der Waals surface area (Å²) >= 11 is 1.21. The summed E-state index contributed by atoms with van der Waals surface area (Å²) in [5.74, 6) is 0.247. The van der Waals surface area contributed by atoms with E-state index in [4.69, 9.17) is 11.1 Å². The predicted octanol–water partition coefficient (Wildman–Crippen LogP) is 2.16. The number of pyridine rings is 1. The number of imidazole rings is 1. The summed E-state index contributed by atoms with van der Waals surface area (Å²) in [5, 5.41) is 14.3. The molecule has 0 aliphatic carbocycles. The van der Waals surface area contributed by atoms with Gasteiger partial charge in [0.05, 0.1) is 11.9 Å². The smallest absolute Gasteiger partial charge is 0.304 e. The highest BCUT2D eigenvalue weighted by molar-refractivity contribution is 7.17. The Hall–Kier alpha value is -3.20. The maximum atomic E-state index is 14.3. The fraction of sp³-hybridized carbons (Fsp3) is 0.0625. The minimum Gasteiger partial charge on any atom is -0.343 e. The number of rotatable bonds is 3. The average molecular weight is 354 g/mol. The first-order chi connectivity index (χ1) is 12.1. The van der Waals surface area contributed by atoms with Crippen molar-refractivity contribution in [3.63, 3.8) is 0 Å². The van der Waals surface area contributed by atoms with Crippen molar-refractivity contribution in [2.75, 3.05) is 5.73 Å². The van der Waals surface area contributed by atoms with Gasteiger partial charge < -0.3 is 10.7 Å². The second kappa shape index (κ2) is 6.02. The maximum absolute atomic E-state index is 14.3. The second-order valence-electron chi connectivity index (χ2n) is 5.36. The molecule has 0 aliphatic heterocycles. The molecule has 3 aromatic heterocycles. The van der Waals surface area contributed by atoms with Gasteiger partial charge in [0, 0.05) is 30.0 Å². The van der Waals surface area contributed by atoms with Gasteiger partial charge in [-0.25, -0.2) is 9.37 Å². The van der Waals surface area contributed by atoms with Crippen LogP contribution in [-0.4, -0.2) is 25.9 Å². The van der Waals surface area contributed by atoms with Crippen LogP contribution in [0.25, 0.3) is 21.7 Å². The highest BCUT2D eigenvalue weighted by Gasteiger charge is 2.21. The second-order valence-corrected chi connectivity index (χ2v) is 6.37. The lowest BCUT2D eigenvalue weighted by Crippen LogP contribution is -2.47. The van der Waals surface area contributed by atoms with Gasteiger partial charge in [0.25, 0.3) is 5.84 Å². The zero-order valence-corrected chi connectivity index (χ0v) is 13.7. The molecule has 0 fully saturated rings. The number of aromatic amines is 1. The zero-order chi connectivity index (χ0) is 17.4. The lowest BCUT2D eigenvalue weighted by Gasteiger charge is -2.04. The molecule has 7 nitrogen and oxygen atoms in total. The molecule has 0 radical (unpaired) electrons. The number of anilines is 1. The van der Waals surface area contributed by atoms with Gasteiger partial charge in [-0.05, 0) is 29.0 Å². The lowest BCUT2D eigenvalue weighted by molar-refractivity contribution is -0.603. The first kappa shape index (κ1) is 15.3. The molecule has 124 valence electrons. The first-order valence-electron chi connectivity index (χ1n) is 7.41. The van der Waals surface area contributed by atoms with Gasteiger partial charge >= 0.3 is 5.13 Å². The summed E-state index contributed by atoms with van der Waals surface area (Å²) in [4.78, 5) is 11.2. The Bertz CT molecular complexity index is 1070. The molecule has 9 heteroatoms. The molecule has 0 spiro atoms. The van der Waals surface area contributed by atoms with Crippen molar-refractivity contribution in [2.24, 2.45) is 0 Å². The molecule has 4 rings (SSSR count). The summed E-state index contributed by atoms with van der Waals surface area (Å²) < 4.78 is 15.6. The first-order valence-corrected chi connectivity index (χ1v) is 8.23. The van der Waals surface area contributed by atoms with Crippen LogP contribution in [-0.2, 0) is 6.42 Å². The molecule has 0 saturated carbocycles. The molecule has 0 unspecified atom stereocenters. The van der Waals surface area contributed by atoms with E-state index < -0.39 is 5.82 Å². The van der Waals surface area contributed by atoms with Gasteiger partial charge in [0.15, 0.2) is 5.82 Å². The highest BCUT2D eigenvalue weighted by atomic mass is 32.1. The van der Waals surface area contributed by atoms with Crippen molar-refractivity contribution in [2.45, 2.75) is 6.42 Å². The van der Waals surface area contributed by atoms with E-state index >= 15 is 0 Å². The molecular formula is C16H13FN7S+. The van der Waals surface area contributed by atoms with Crippen LogP contribution in [0.4, 0.5) is 9.52 Å². The van der Waals surface area contributed by atoms with E-state index in [0.29, 0.717) is 27.0 Å². The Kier molecular flexibility index (Phi) is 3.69. The number of aromatic nitrogens is 5. The van der Waals surface area contributed by atoms with Gasteiger partial charge in [0.2, 0.25) is 5.01 Å². The largest absolute Gasteiger partial charge is 0.343 e. The van der Waals surface area contributed by atoms with Crippen LogP contribution >= 0.6 is 11.3 Å². The number of nitrogens with two attached hydrogens (primary N) is 1. The Morgan fingerprint density at radius 2 is 2.20 bits per heavy atom. The fourth-order valence-corrected chi connectivity index (χ4v) is 3.27. The van der Waals surface area contributed by atoms with E-state index in [2.05, 4.69) is 20.1 Å². The van der Waals surface area contributed by atoms with Gasteiger partial charge in [-0.3, -0.25) is 4.98 Å². The van der Waals surface area contributed by atoms with Crippen LogP contribution in [0.15, 0.2) is 42.9 Å². The van der Waals surface area contributed by atoms with E-state index in [1.165, 1.54) is 22.1 Å². The molecule has 0 amide bonds. The zero-order valence-electron chi connectivity index (χ0n) is 12.9. The topological polar surface area (TPSA) is 108 Å². The van der Waals surface area contributed by atoms with Crippen molar-refractivity contribution < 1.29 is 9.07 Å². The van der Waals surface area contributed by atoms with Gasteiger partial charge in [-0.1, -0.05) is 15.8 Å². The molecular weight excluding hydrogens is 341 g/mol. The third-order valence-electron chi connectivity index (χ3n) is 3.69. The number of hydrogen-bond donors (Lipinski definition) is 3. The van der Waals surface area contributed by atoms with Gasteiger partial charge in [-0.15, -0.1) is 0 Å². The van der Waals surface area contributed by atoms with Crippen LogP contribution in [0, 0.1) is 11.2 Å². The summed E-state index contributed by atoms with van der Waals surface area (Å²) in [5.41, 5.74) is 6.94. The molecule has 4 aromatic rings. The SMILES string of the molecule is N=C(Cc1cc2cccnc2cc1F)[n+]1nc(-c2ncc[nH]2)sc1N. The molecule has 0 saturated heterocycles. The Labute approximate surface area is 145 Å². The molecule has 3 heterocycles. The van der Waals surface area contributed by atoms with E-state index in [0.717, 1.165) is 5.39 Å². The van der Waals surface area contributed by atoms with Crippen molar-refractivity contribution in [1.82, 2.24) is 20.1 Å². The van der Waals surface area contributed by atoms with Crippen LogP contribution in [0.5, 0.6) is 0 Å². The minimum atomic E-state index is -0.406. The summed E-state index contributed by atoms with van der Waals surface area (Å²) in [6, 6.07) is 6.72. The monoisotopic (exact) mass is 354 g/mol. The van der Waals surface area contributed by atoms with Crippen LogP contribution in [0.1, 0.15) is 5.56 Å². The average Bonchev–Trinajstić information content (AvgIpc) is 3.25. The van der Waals surface area contributed by atoms with E-state index in [1.807, 2.05) is 6.07 Å². The minimum absolute atomic E-state index is 0.0624. The third kappa shape index (κ3) is 2.85.